The lowest BCUT2D eigenvalue weighted by molar-refractivity contribution is 0.417. The van der Waals surface area contributed by atoms with Gasteiger partial charge in [0.15, 0.2) is 0 Å². The molecule has 0 saturated heterocycles. The van der Waals surface area contributed by atoms with Gasteiger partial charge in [-0.05, 0) is 33.3 Å². The molecule has 0 spiro atoms. The molecular weight excluding hydrogens is 234 g/mol. The molecule has 0 saturated carbocycles. The van der Waals surface area contributed by atoms with Crippen LogP contribution in [0.3, 0.4) is 0 Å². The topological polar surface area (TPSA) is 29.9 Å². The fourth-order valence-electron chi connectivity index (χ4n) is 2.00. The number of hydrogen-bond donors (Lipinski definition) is 1. The third kappa shape index (κ3) is 4.21. The standard InChI is InChI=1S/C16H23N3/c1-13-6-5-7-14(8-13)11-19-12-17-9-15(19)10-18-16(2,3)4/h5-9,12,18H,10-11H2,1-4H3. The van der Waals surface area contributed by atoms with Crippen molar-refractivity contribution in [2.75, 3.05) is 0 Å². The van der Waals surface area contributed by atoms with Crippen LogP contribution in [0.2, 0.25) is 0 Å². The number of hydrogen-bond acceptors (Lipinski definition) is 2. The highest BCUT2D eigenvalue weighted by Crippen LogP contribution is 2.09. The van der Waals surface area contributed by atoms with Gasteiger partial charge in [-0.25, -0.2) is 4.98 Å². The molecule has 1 heterocycles. The van der Waals surface area contributed by atoms with Crippen molar-refractivity contribution in [1.82, 2.24) is 14.9 Å². The van der Waals surface area contributed by atoms with Gasteiger partial charge >= 0.3 is 0 Å². The molecule has 0 bridgehead atoms. The molecule has 0 radical (unpaired) electrons. The van der Waals surface area contributed by atoms with E-state index in [0.29, 0.717) is 0 Å². The second-order valence-corrected chi connectivity index (χ2v) is 6.11. The van der Waals surface area contributed by atoms with Crippen molar-refractivity contribution in [1.29, 1.82) is 0 Å². The van der Waals surface area contributed by atoms with Crippen molar-refractivity contribution >= 4 is 0 Å². The van der Waals surface area contributed by atoms with E-state index >= 15 is 0 Å². The molecule has 2 rings (SSSR count). The average molecular weight is 257 g/mol. The van der Waals surface area contributed by atoms with E-state index in [4.69, 9.17) is 0 Å². The number of aryl methyl sites for hydroxylation is 1. The summed E-state index contributed by atoms with van der Waals surface area (Å²) >= 11 is 0. The van der Waals surface area contributed by atoms with E-state index in [0.717, 1.165) is 13.1 Å². The van der Waals surface area contributed by atoms with E-state index in [1.807, 2.05) is 12.5 Å². The molecule has 0 aliphatic carbocycles. The minimum absolute atomic E-state index is 0.123. The molecule has 19 heavy (non-hydrogen) atoms. The summed E-state index contributed by atoms with van der Waals surface area (Å²) in [5.41, 5.74) is 3.96. The summed E-state index contributed by atoms with van der Waals surface area (Å²) in [7, 11) is 0. The van der Waals surface area contributed by atoms with Gasteiger partial charge in [0.05, 0.1) is 12.0 Å². The van der Waals surface area contributed by atoms with Gasteiger partial charge in [-0.3, -0.25) is 0 Å². The van der Waals surface area contributed by atoms with Crippen LogP contribution in [0, 0.1) is 6.92 Å². The fraction of sp³-hybridized carbons (Fsp3) is 0.438. The molecule has 0 amide bonds. The lowest BCUT2D eigenvalue weighted by Gasteiger charge is -2.21. The molecule has 0 aliphatic rings. The summed E-state index contributed by atoms with van der Waals surface area (Å²) in [4.78, 5) is 4.26. The van der Waals surface area contributed by atoms with Gasteiger partial charge in [-0.15, -0.1) is 0 Å². The Morgan fingerprint density at radius 3 is 2.74 bits per heavy atom. The van der Waals surface area contributed by atoms with Crippen LogP contribution >= 0.6 is 0 Å². The molecule has 1 N–H and O–H groups in total. The Balaban J connectivity index is 2.07. The molecule has 2 aromatic rings. The van der Waals surface area contributed by atoms with Gasteiger partial charge in [0.25, 0.3) is 0 Å². The number of imidazole rings is 1. The second-order valence-electron chi connectivity index (χ2n) is 6.11. The lowest BCUT2D eigenvalue weighted by atomic mass is 10.1. The molecule has 0 unspecified atom stereocenters. The molecule has 0 aliphatic heterocycles. The first kappa shape index (κ1) is 13.8. The van der Waals surface area contributed by atoms with Crippen LogP contribution in [-0.4, -0.2) is 15.1 Å². The van der Waals surface area contributed by atoms with Gasteiger partial charge in [0.1, 0.15) is 0 Å². The van der Waals surface area contributed by atoms with Crippen molar-refractivity contribution in [2.45, 2.75) is 46.3 Å². The SMILES string of the molecule is Cc1cccc(Cn2cncc2CNC(C)(C)C)c1. The Morgan fingerprint density at radius 1 is 1.26 bits per heavy atom. The summed E-state index contributed by atoms with van der Waals surface area (Å²) in [6.07, 6.45) is 3.84. The number of rotatable bonds is 4. The molecule has 0 fully saturated rings. The molecule has 1 aromatic heterocycles. The Hall–Kier alpha value is -1.61. The lowest BCUT2D eigenvalue weighted by Crippen LogP contribution is -2.35. The van der Waals surface area contributed by atoms with Crippen molar-refractivity contribution in [3.8, 4) is 0 Å². The molecule has 0 atom stereocenters. The van der Waals surface area contributed by atoms with E-state index in [1.165, 1.54) is 16.8 Å². The Morgan fingerprint density at radius 2 is 2.05 bits per heavy atom. The number of benzene rings is 1. The van der Waals surface area contributed by atoms with Gasteiger partial charge in [-0.1, -0.05) is 29.8 Å². The van der Waals surface area contributed by atoms with Crippen LogP contribution in [-0.2, 0) is 13.1 Å². The first-order chi connectivity index (χ1) is 8.94. The third-order valence-electron chi connectivity index (χ3n) is 3.03. The molecule has 102 valence electrons. The minimum Gasteiger partial charge on any atom is -0.329 e. The Bertz CT molecular complexity index is 535. The zero-order valence-corrected chi connectivity index (χ0v) is 12.3. The molecule has 1 aromatic carbocycles. The van der Waals surface area contributed by atoms with Gasteiger partial charge in [0, 0.05) is 24.8 Å². The molecular formula is C16H23N3. The zero-order chi connectivity index (χ0) is 13.9. The monoisotopic (exact) mass is 257 g/mol. The zero-order valence-electron chi connectivity index (χ0n) is 12.3. The predicted octanol–water partition coefficient (Wildman–Crippen LogP) is 3.13. The fourth-order valence-corrected chi connectivity index (χ4v) is 2.00. The summed E-state index contributed by atoms with van der Waals surface area (Å²) in [6.45, 7) is 10.4. The van der Waals surface area contributed by atoms with Crippen molar-refractivity contribution in [3.63, 3.8) is 0 Å². The van der Waals surface area contributed by atoms with Gasteiger partial charge < -0.3 is 9.88 Å². The highest BCUT2D eigenvalue weighted by Gasteiger charge is 2.10. The maximum Gasteiger partial charge on any atom is 0.0951 e. The first-order valence-corrected chi connectivity index (χ1v) is 6.74. The van der Waals surface area contributed by atoms with Crippen LogP contribution in [0.5, 0.6) is 0 Å². The number of aromatic nitrogens is 2. The van der Waals surface area contributed by atoms with Crippen LogP contribution in [0.4, 0.5) is 0 Å². The van der Waals surface area contributed by atoms with E-state index in [9.17, 15) is 0 Å². The second kappa shape index (κ2) is 5.57. The molecule has 3 heteroatoms. The highest BCUT2D eigenvalue weighted by atomic mass is 15.1. The van der Waals surface area contributed by atoms with Crippen molar-refractivity contribution in [2.24, 2.45) is 0 Å². The largest absolute Gasteiger partial charge is 0.329 e. The highest BCUT2D eigenvalue weighted by molar-refractivity contribution is 5.23. The maximum atomic E-state index is 4.26. The Labute approximate surface area is 115 Å². The quantitative estimate of drug-likeness (QED) is 0.912. The summed E-state index contributed by atoms with van der Waals surface area (Å²) < 4.78 is 2.20. The van der Waals surface area contributed by atoms with E-state index in [2.05, 4.69) is 66.8 Å². The van der Waals surface area contributed by atoms with Crippen LogP contribution in [0.15, 0.2) is 36.8 Å². The van der Waals surface area contributed by atoms with Crippen molar-refractivity contribution < 1.29 is 0 Å². The first-order valence-electron chi connectivity index (χ1n) is 6.74. The van der Waals surface area contributed by atoms with E-state index in [-0.39, 0.29) is 5.54 Å². The van der Waals surface area contributed by atoms with Crippen LogP contribution in [0.25, 0.3) is 0 Å². The maximum absolute atomic E-state index is 4.26. The average Bonchev–Trinajstić information content (AvgIpc) is 2.73. The van der Waals surface area contributed by atoms with E-state index in [1.54, 1.807) is 0 Å². The summed E-state index contributed by atoms with van der Waals surface area (Å²) in [5, 5.41) is 3.50. The van der Waals surface area contributed by atoms with E-state index < -0.39 is 0 Å². The number of nitrogens with one attached hydrogen (secondary N) is 1. The van der Waals surface area contributed by atoms with Gasteiger partial charge in [0.2, 0.25) is 0 Å². The minimum atomic E-state index is 0.123. The third-order valence-corrected chi connectivity index (χ3v) is 3.03. The summed E-state index contributed by atoms with van der Waals surface area (Å²) in [6, 6.07) is 8.61. The van der Waals surface area contributed by atoms with Crippen LogP contribution < -0.4 is 5.32 Å². The normalized spacial score (nSPS) is 11.8. The number of nitrogens with zero attached hydrogens (tertiary/aromatic N) is 2. The van der Waals surface area contributed by atoms with Gasteiger partial charge in [-0.2, -0.15) is 0 Å². The smallest absolute Gasteiger partial charge is 0.0951 e. The summed E-state index contributed by atoms with van der Waals surface area (Å²) in [5.74, 6) is 0. The van der Waals surface area contributed by atoms with Crippen LogP contribution in [0.1, 0.15) is 37.6 Å². The molecule has 3 nitrogen and oxygen atoms in total. The Kier molecular flexibility index (Phi) is 4.05. The predicted molar refractivity (Wildman–Crippen MR) is 79.1 cm³/mol. The van der Waals surface area contributed by atoms with Crippen molar-refractivity contribution in [3.05, 3.63) is 53.6 Å².